The van der Waals surface area contributed by atoms with E-state index in [-0.39, 0.29) is 11.7 Å². The van der Waals surface area contributed by atoms with Crippen molar-refractivity contribution in [2.24, 2.45) is 0 Å². The van der Waals surface area contributed by atoms with E-state index < -0.39 is 5.60 Å². The van der Waals surface area contributed by atoms with Crippen LogP contribution in [0.15, 0.2) is 36.4 Å². The molecule has 1 fully saturated rings. The molecule has 146 valence electrons. The van der Waals surface area contributed by atoms with Crippen LogP contribution in [0.3, 0.4) is 0 Å². The summed E-state index contributed by atoms with van der Waals surface area (Å²) in [6, 6.07) is 11.1. The summed E-state index contributed by atoms with van der Waals surface area (Å²) in [5.74, 6) is 1.40. The zero-order valence-corrected chi connectivity index (χ0v) is 16.6. The minimum atomic E-state index is -0.531. The number of nitrogens with zero attached hydrogens (tertiary/aromatic N) is 1. The second kappa shape index (κ2) is 6.97. The quantitative estimate of drug-likeness (QED) is 0.793. The van der Waals surface area contributed by atoms with Crippen LogP contribution in [0.2, 0.25) is 0 Å². The zero-order valence-electron chi connectivity index (χ0n) is 16.6. The van der Waals surface area contributed by atoms with Crippen molar-refractivity contribution in [2.75, 3.05) is 20.2 Å². The van der Waals surface area contributed by atoms with Gasteiger partial charge in [-0.15, -0.1) is 0 Å². The molecule has 2 aromatic rings. The molecule has 0 aliphatic carbocycles. The van der Waals surface area contributed by atoms with Crippen LogP contribution in [-0.4, -0.2) is 42.4 Å². The van der Waals surface area contributed by atoms with Gasteiger partial charge in [-0.1, -0.05) is 6.07 Å². The van der Waals surface area contributed by atoms with E-state index in [1.54, 1.807) is 25.3 Å². The van der Waals surface area contributed by atoms with Gasteiger partial charge in [0.15, 0.2) is 5.78 Å². The summed E-state index contributed by atoms with van der Waals surface area (Å²) in [4.78, 5) is 27.4. The van der Waals surface area contributed by atoms with Crippen molar-refractivity contribution in [1.82, 2.24) is 4.90 Å². The predicted octanol–water partition coefficient (Wildman–Crippen LogP) is 3.95. The van der Waals surface area contributed by atoms with E-state index in [1.807, 2.05) is 36.9 Å². The highest BCUT2D eigenvalue weighted by Gasteiger charge is 2.43. The molecule has 0 bridgehead atoms. The van der Waals surface area contributed by atoms with Gasteiger partial charge in [-0.2, -0.15) is 0 Å². The number of hydrogen-bond donors (Lipinski definition) is 0. The number of amides is 1. The molecule has 28 heavy (non-hydrogen) atoms. The number of fused-ring (bicyclic) bond motifs is 1. The lowest BCUT2D eigenvalue weighted by molar-refractivity contribution is -0.00581. The standard InChI is InChI=1S/C23H25NO4/c1-15-4-5-17(12-16(15)2)22(26)24-10-8-23(9-11-24)14-20(25)19-7-6-18(27-3)13-21(19)28-23/h4-7,12-13H,8-11,14H2,1-3H3. The number of rotatable bonds is 2. The number of hydrogen-bond acceptors (Lipinski definition) is 4. The maximum Gasteiger partial charge on any atom is 0.253 e. The van der Waals surface area contributed by atoms with E-state index in [0.29, 0.717) is 49.4 Å². The molecule has 4 rings (SSSR count). The third-order valence-corrected chi connectivity index (χ3v) is 6.01. The third kappa shape index (κ3) is 3.26. The summed E-state index contributed by atoms with van der Waals surface area (Å²) in [7, 11) is 1.60. The van der Waals surface area contributed by atoms with Crippen LogP contribution in [0.25, 0.3) is 0 Å². The van der Waals surface area contributed by atoms with Gasteiger partial charge in [-0.3, -0.25) is 9.59 Å². The van der Waals surface area contributed by atoms with E-state index in [0.717, 1.165) is 11.1 Å². The topological polar surface area (TPSA) is 55.8 Å². The van der Waals surface area contributed by atoms with Crippen LogP contribution in [-0.2, 0) is 0 Å². The highest BCUT2D eigenvalue weighted by atomic mass is 16.5. The molecule has 1 amide bonds. The van der Waals surface area contributed by atoms with Crippen molar-refractivity contribution in [3.8, 4) is 11.5 Å². The smallest absolute Gasteiger partial charge is 0.253 e. The van der Waals surface area contributed by atoms with Gasteiger partial charge in [-0.05, 0) is 49.2 Å². The fourth-order valence-corrected chi connectivity index (χ4v) is 4.05. The Labute approximate surface area is 165 Å². The van der Waals surface area contributed by atoms with E-state index in [2.05, 4.69) is 0 Å². The molecule has 2 heterocycles. The molecule has 1 spiro atoms. The Bertz CT molecular complexity index is 942. The highest BCUT2D eigenvalue weighted by Crippen LogP contribution is 2.40. The zero-order chi connectivity index (χ0) is 19.9. The van der Waals surface area contributed by atoms with Crippen molar-refractivity contribution in [3.63, 3.8) is 0 Å². The van der Waals surface area contributed by atoms with Gasteiger partial charge in [-0.25, -0.2) is 0 Å². The van der Waals surface area contributed by atoms with Gasteiger partial charge < -0.3 is 14.4 Å². The van der Waals surface area contributed by atoms with E-state index in [1.165, 1.54) is 5.56 Å². The largest absolute Gasteiger partial charge is 0.497 e. The number of carbonyl (C=O) groups is 2. The van der Waals surface area contributed by atoms with Crippen LogP contribution in [0.5, 0.6) is 11.5 Å². The molecule has 0 saturated carbocycles. The number of methoxy groups -OCH3 is 1. The number of aryl methyl sites for hydroxylation is 2. The van der Waals surface area contributed by atoms with Crippen molar-refractivity contribution in [2.45, 2.75) is 38.7 Å². The van der Waals surface area contributed by atoms with Crippen molar-refractivity contribution in [3.05, 3.63) is 58.7 Å². The molecule has 2 aromatic carbocycles. The first-order valence-corrected chi connectivity index (χ1v) is 9.68. The molecule has 0 aromatic heterocycles. The Balaban J connectivity index is 1.49. The lowest BCUT2D eigenvalue weighted by Gasteiger charge is -2.44. The van der Waals surface area contributed by atoms with Crippen LogP contribution in [0.1, 0.15) is 51.1 Å². The van der Waals surface area contributed by atoms with Gasteiger partial charge in [0.05, 0.1) is 19.1 Å². The Kier molecular flexibility index (Phi) is 4.61. The Morgan fingerprint density at radius 3 is 2.50 bits per heavy atom. The lowest BCUT2D eigenvalue weighted by Crippen LogP contribution is -2.52. The molecule has 0 unspecified atom stereocenters. The number of ketones is 1. The first-order valence-electron chi connectivity index (χ1n) is 9.68. The van der Waals surface area contributed by atoms with E-state index >= 15 is 0 Å². The molecule has 2 aliphatic heterocycles. The average Bonchev–Trinajstić information content (AvgIpc) is 2.69. The van der Waals surface area contributed by atoms with Crippen LogP contribution in [0, 0.1) is 13.8 Å². The summed E-state index contributed by atoms with van der Waals surface area (Å²) in [6.07, 6.45) is 1.65. The number of benzene rings is 2. The maximum atomic E-state index is 12.9. The lowest BCUT2D eigenvalue weighted by atomic mass is 9.82. The SMILES string of the molecule is COc1ccc2c(c1)OC1(CCN(C(=O)c3ccc(C)c(C)c3)CC1)CC2=O. The molecule has 5 nitrogen and oxygen atoms in total. The first kappa shape index (κ1) is 18.5. The molecule has 1 saturated heterocycles. The molecular weight excluding hydrogens is 354 g/mol. The van der Waals surface area contributed by atoms with Crippen LogP contribution in [0.4, 0.5) is 0 Å². The molecule has 2 aliphatic rings. The summed E-state index contributed by atoms with van der Waals surface area (Å²) < 4.78 is 11.6. The number of Topliss-reactive ketones (excluding diaryl/α,β-unsaturated/α-hetero) is 1. The summed E-state index contributed by atoms with van der Waals surface area (Å²) in [5, 5.41) is 0. The summed E-state index contributed by atoms with van der Waals surface area (Å²) in [6.45, 7) is 5.22. The summed E-state index contributed by atoms with van der Waals surface area (Å²) in [5.41, 5.74) is 3.09. The molecule has 0 atom stereocenters. The van der Waals surface area contributed by atoms with Gasteiger partial charge in [0, 0.05) is 37.6 Å². The van der Waals surface area contributed by atoms with Crippen molar-refractivity contribution in [1.29, 1.82) is 0 Å². The summed E-state index contributed by atoms with van der Waals surface area (Å²) >= 11 is 0. The molecule has 5 heteroatoms. The Hall–Kier alpha value is -2.82. The minimum absolute atomic E-state index is 0.0437. The fraction of sp³-hybridized carbons (Fsp3) is 0.391. The van der Waals surface area contributed by atoms with Crippen molar-refractivity contribution >= 4 is 11.7 Å². The second-order valence-electron chi connectivity index (χ2n) is 7.84. The van der Waals surface area contributed by atoms with Gasteiger partial charge in [0.25, 0.3) is 5.91 Å². The molecule has 0 N–H and O–H groups in total. The monoisotopic (exact) mass is 379 g/mol. The minimum Gasteiger partial charge on any atom is -0.497 e. The van der Waals surface area contributed by atoms with Crippen LogP contribution < -0.4 is 9.47 Å². The van der Waals surface area contributed by atoms with Crippen LogP contribution >= 0.6 is 0 Å². The number of piperidine rings is 1. The normalized spacial score (nSPS) is 17.8. The number of carbonyl (C=O) groups excluding carboxylic acids is 2. The van der Waals surface area contributed by atoms with E-state index in [4.69, 9.17) is 9.47 Å². The number of ether oxygens (including phenoxy) is 2. The van der Waals surface area contributed by atoms with Crippen molar-refractivity contribution < 1.29 is 19.1 Å². The Morgan fingerprint density at radius 2 is 1.82 bits per heavy atom. The molecular formula is C23H25NO4. The predicted molar refractivity (Wildman–Crippen MR) is 106 cm³/mol. The first-order chi connectivity index (χ1) is 13.4. The third-order valence-electron chi connectivity index (χ3n) is 6.01. The molecule has 0 radical (unpaired) electrons. The van der Waals surface area contributed by atoms with E-state index in [9.17, 15) is 9.59 Å². The highest BCUT2D eigenvalue weighted by molar-refractivity contribution is 6.00. The van der Waals surface area contributed by atoms with Gasteiger partial charge in [0.2, 0.25) is 0 Å². The Morgan fingerprint density at radius 1 is 1.07 bits per heavy atom. The van der Waals surface area contributed by atoms with Gasteiger partial charge in [0.1, 0.15) is 17.1 Å². The fourth-order valence-electron chi connectivity index (χ4n) is 4.05. The average molecular weight is 379 g/mol. The number of likely N-dealkylation sites (tertiary alicyclic amines) is 1. The maximum absolute atomic E-state index is 12.9. The van der Waals surface area contributed by atoms with Gasteiger partial charge >= 0.3 is 0 Å². The second-order valence-corrected chi connectivity index (χ2v) is 7.84.